The number of hydrogen-bond donors (Lipinski definition) is 0. The number of anilines is 1. The molecular weight excluding hydrogens is 404 g/mol. The third-order valence-corrected chi connectivity index (χ3v) is 7.65. The minimum atomic E-state index is -0.999. The van der Waals surface area contributed by atoms with E-state index in [2.05, 4.69) is 19.1 Å². The molecule has 156 valence electrons. The highest BCUT2D eigenvalue weighted by atomic mass is 32.2. The number of aryl methyl sites for hydroxylation is 2. The Hall–Kier alpha value is -3.05. The summed E-state index contributed by atoms with van der Waals surface area (Å²) in [6.45, 7) is 5.11. The van der Waals surface area contributed by atoms with Crippen LogP contribution in [0.4, 0.5) is 5.69 Å². The molecule has 0 unspecified atom stereocenters. The molecule has 2 aliphatic rings. The van der Waals surface area contributed by atoms with Crippen molar-refractivity contribution in [3.05, 3.63) is 101 Å². The Bertz CT molecular complexity index is 1170. The molecule has 5 heteroatoms. The summed E-state index contributed by atoms with van der Waals surface area (Å²) in [4.78, 5) is 30.2. The van der Waals surface area contributed by atoms with E-state index >= 15 is 0 Å². The average molecular weight is 429 g/mol. The van der Waals surface area contributed by atoms with Crippen LogP contribution in [0.2, 0.25) is 0 Å². The molecule has 3 aromatic carbocycles. The highest BCUT2D eigenvalue weighted by molar-refractivity contribution is 8.01. The number of thioether (sulfide) groups is 1. The second-order valence-electron chi connectivity index (χ2n) is 8.15. The largest absolute Gasteiger partial charge is 0.311 e. The molecule has 1 saturated heterocycles. The van der Waals surface area contributed by atoms with Gasteiger partial charge in [-0.05, 0) is 43.2 Å². The minimum Gasteiger partial charge on any atom is -0.311 e. The summed E-state index contributed by atoms with van der Waals surface area (Å²) in [7, 11) is 0. The van der Waals surface area contributed by atoms with Crippen LogP contribution in [0.5, 0.6) is 0 Å². The van der Waals surface area contributed by atoms with E-state index in [1.807, 2.05) is 72.5 Å². The molecule has 2 aliphatic heterocycles. The highest BCUT2D eigenvalue weighted by Crippen LogP contribution is 2.54. The summed E-state index contributed by atoms with van der Waals surface area (Å²) in [6.07, 6.45) is 0. The second kappa shape index (κ2) is 7.57. The Morgan fingerprint density at radius 3 is 2.45 bits per heavy atom. The van der Waals surface area contributed by atoms with Crippen molar-refractivity contribution in [2.75, 3.05) is 17.2 Å². The van der Waals surface area contributed by atoms with Crippen LogP contribution in [0.1, 0.15) is 32.6 Å². The van der Waals surface area contributed by atoms with Crippen LogP contribution in [0.15, 0.2) is 72.8 Å². The van der Waals surface area contributed by atoms with Gasteiger partial charge in [0, 0.05) is 23.4 Å². The first-order valence-corrected chi connectivity index (χ1v) is 11.5. The first-order valence-electron chi connectivity index (χ1n) is 10.5. The highest BCUT2D eigenvalue weighted by Gasteiger charge is 2.59. The van der Waals surface area contributed by atoms with Gasteiger partial charge in [0.1, 0.15) is 0 Å². The molecule has 1 fully saturated rings. The number of rotatable bonds is 3. The third-order valence-electron chi connectivity index (χ3n) is 6.23. The predicted octanol–water partition coefficient (Wildman–Crippen LogP) is 4.89. The van der Waals surface area contributed by atoms with E-state index in [1.165, 1.54) is 0 Å². The summed E-state index contributed by atoms with van der Waals surface area (Å²) < 4.78 is 0. The van der Waals surface area contributed by atoms with Gasteiger partial charge in [-0.1, -0.05) is 60.2 Å². The van der Waals surface area contributed by atoms with Crippen LogP contribution >= 0.6 is 11.8 Å². The fraction of sp³-hybridized carbons (Fsp3) is 0.231. The van der Waals surface area contributed by atoms with Crippen molar-refractivity contribution in [1.29, 1.82) is 0 Å². The van der Waals surface area contributed by atoms with E-state index in [0.29, 0.717) is 18.7 Å². The number of benzene rings is 3. The van der Waals surface area contributed by atoms with Gasteiger partial charge >= 0.3 is 0 Å². The molecule has 0 bridgehead atoms. The average Bonchev–Trinajstić information content (AvgIpc) is 3.32. The molecule has 0 N–H and O–H groups in total. The van der Waals surface area contributed by atoms with Crippen molar-refractivity contribution in [2.24, 2.45) is 0 Å². The first-order chi connectivity index (χ1) is 15.0. The predicted molar refractivity (Wildman–Crippen MR) is 125 cm³/mol. The van der Waals surface area contributed by atoms with Gasteiger partial charge < -0.3 is 9.80 Å². The van der Waals surface area contributed by atoms with E-state index in [-0.39, 0.29) is 11.8 Å². The lowest BCUT2D eigenvalue weighted by atomic mass is 10.0. The van der Waals surface area contributed by atoms with Gasteiger partial charge in [0.25, 0.3) is 11.8 Å². The minimum absolute atomic E-state index is 0.0279. The Morgan fingerprint density at radius 2 is 1.68 bits per heavy atom. The van der Waals surface area contributed by atoms with E-state index < -0.39 is 4.87 Å². The molecule has 2 amide bonds. The van der Waals surface area contributed by atoms with Gasteiger partial charge in [0.2, 0.25) is 0 Å². The van der Waals surface area contributed by atoms with E-state index in [1.54, 1.807) is 16.7 Å². The van der Waals surface area contributed by atoms with Gasteiger partial charge in [-0.2, -0.15) is 0 Å². The summed E-state index contributed by atoms with van der Waals surface area (Å²) in [5, 5.41) is 0. The zero-order valence-corrected chi connectivity index (χ0v) is 18.5. The molecule has 2 heterocycles. The van der Waals surface area contributed by atoms with Crippen LogP contribution in [0, 0.1) is 13.8 Å². The second-order valence-corrected chi connectivity index (χ2v) is 9.44. The SMILES string of the molecule is Cc1ccc(C(=O)N2CCS[C@@]23C(=O)N(Cc2ccccc2C)c2ccccc23)cc1. The van der Waals surface area contributed by atoms with Crippen LogP contribution in [0.25, 0.3) is 0 Å². The van der Waals surface area contributed by atoms with Crippen molar-refractivity contribution < 1.29 is 9.59 Å². The first kappa shape index (κ1) is 19.9. The van der Waals surface area contributed by atoms with Gasteiger partial charge in [0.15, 0.2) is 4.87 Å². The fourth-order valence-corrected chi connectivity index (χ4v) is 6.00. The van der Waals surface area contributed by atoms with Crippen LogP contribution in [0.3, 0.4) is 0 Å². The summed E-state index contributed by atoms with van der Waals surface area (Å²) in [6, 6.07) is 23.6. The Morgan fingerprint density at radius 1 is 0.968 bits per heavy atom. The zero-order valence-electron chi connectivity index (χ0n) is 17.7. The van der Waals surface area contributed by atoms with Crippen LogP contribution in [-0.2, 0) is 16.2 Å². The number of fused-ring (bicyclic) bond motifs is 2. The maximum atomic E-state index is 14.0. The van der Waals surface area contributed by atoms with Crippen molar-refractivity contribution in [3.63, 3.8) is 0 Å². The Balaban J connectivity index is 1.58. The number of para-hydroxylation sites is 1. The summed E-state index contributed by atoms with van der Waals surface area (Å²) >= 11 is 1.57. The number of hydrogen-bond acceptors (Lipinski definition) is 3. The molecule has 5 rings (SSSR count). The Labute approximate surface area is 186 Å². The van der Waals surface area contributed by atoms with Crippen molar-refractivity contribution in [3.8, 4) is 0 Å². The van der Waals surface area contributed by atoms with Crippen LogP contribution < -0.4 is 4.90 Å². The summed E-state index contributed by atoms with van der Waals surface area (Å²) in [5.74, 6) is 0.612. The van der Waals surface area contributed by atoms with Gasteiger partial charge in [-0.15, -0.1) is 11.8 Å². The molecule has 31 heavy (non-hydrogen) atoms. The smallest absolute Gasteiger partial charge is 0.268 e. The topological polar surface area (TPSA) is 40.6 Å². The van der Waals surface area contributed by atoms with E-state index in [0.717, 1.165) is 33.7 Å². The van der Waals surface area contributed by atoms with Crippen molar-refractivity contribution >= 4 is 29.3 Å². The van der Waals surface area contributed by atoms with Gasteiger partial charge in [-0.25, -0.2) is 0 Å². The van der Waals surface area contributed by atoms with E-state index in [4.69, 9.17) is 0 Å². The lowest BCUT2D eigenvalue weighted by Gasteiger charge is -2.33. The normalized spacial score (nSPS) is 19.9. The molecule has 0 saturated carbocycles. The third kappa shape index (κ3) is 3.07. The fourth-order valence-electron chi connectivity index (χ4n) is 4.53. The number of nitrogens with zero attached hydrogens (tertiary/aromatic N) is 2. The quantitative estimate of drug-likeness (QED) is 0.596. The summed E-state index contributed by atoms with van der Waals surface area (Å²) in [5.41, 5.74) is 5.80. The molecular formula is C26H24N2O2S. The van der Waals surface area contributed by atoms with Gasteiger partial charge in [-0.3, -0.25) is 9.59 Å². The zero-order chi connectivity index (χ0) is 21.6. The maximum absolute atomic E-state index is 14.0. The molecule has 0 aliphatic carbocycles. The molecule has 0 radical (unpaired) electrons. The van der Waals surface area contributed by atoms with E-state index in [9.17, 15) is 9.59 Å². The molecule has 0 aromatic heterocycles. The number of amides is 2. The molecule has 1 atom stereocenters. The lowest BCUT2D eigenvalue weighted by Crippen LogP contribution is -2.50. The lowest BCUT2D eigenvalue weighted by molar-refractivity contribution is -0.123. The standard InChI is InChI=1S/C26H24N2O2S/c1-18-11-13-20(14-12-18)24(29)28-15-16-31-26(28)22-9-5-6-10-23(22)27(25(26)30)17-21-8-4-3-7-19(21)2/h3-14H,15-17H2,1-2H3/t26-/m0/s1. The van der Waals surface area contributed by atoms with Crippen molar-refractivity contribution in [1.82, 2.24) is 4.90 Å². The Kier molecular flexibility index (Phi) is 4.86. The number of carbonyl (C=O) groups is 2. The maximum Gasteiger partial charge on any atom is 0.268 e. The molecule has 3 aromatic rings. The van der Waals surface area contributed by atoms with Crippen LogP contribution in [-0.4, -0.2) is 29.0 Å². The van der Waals surface area contributed by atoms with Gasteiger partial charge in [0.05, 0.1) is 12.2 Å². The molecule has 1 spiro atoms. The monoisotopic (exact) mass is 428 g/mol. The molecule has 4 nitrogen and oxygen atoms in total. The number of carbonyl (C=O) groups excluding carboxylic acids is 2. The van der Waals surface area contributed by atoms with Crippen molar-refractivity contribution in [2.45, 2.75) is 25.3 Å².